The van der Waals surface area contributed by atoms with Crippen LogP contribution in [0.25, 0.3) is 11.0 Å². The molecule has 0 saturated carbocycles. The Morgan fingerprint density at radius 2 is 1.94 bits per heavy atom. The number of aromatic nitrogens is 2. The number of piperazine rings is 1. The summed E-state index contributed by atoms with van der Waals surface area (Å²) in [5, 5.41) is 5.01. The second-order valence-electron chi connectivity index (χ2n) is 9.95. The fraction of sp³-hybridized carbons (Fsp3) is 0.538. The predicted molar refractivity (Wildman–Crippen MR) is 129 cm³/mol. The predicted octanol–water partition coefficient (Wildman–Crippen LogP) is 3.94. The van der Waals surface area contributed by atoms with Gasteiger partial charge in [0.25, 0.3) is 0 Å². The van der Waals surface area contributed by atoms with Crippen LogP contribution in [-0.2, 0) is 6.54 Å². The third-order valence-corrected chi connectivity index (χ3v) is 7.55. The normalized spacial score (nSPS) is 24.0. The Morgan fingerprint density at radius 1 is 1.03 bits per heavy atom. The van der Waals surface area contributed by atoms with Gasteiger partial charge >= 0.3 is 0 Å². The monoisotopic (exact) mass is 465 g/mol. The Hall–Kier alpha value is -2.71. The standard InChI is InChI=1S/C26H32FN5O2/c27-20-7-9-24-23(14-20)26(29-34-24)32-13-12-31-15-19(6-8-22(31)17-32)18-33-25-5-3-4-21(28-25)16-30-10-1-2-11-30/h3-5,7,9,14,19,22H,1-2,6,8,10-13,15-18H2/t19-,22+/m1/s1. The van der Waals surface area contributed by atoms with Crippen LogP contribution in [0.5, 0.6) is 5.88 Å². The van der Waals surface area contributed by atoms with Crippen molar-refractivity contribution in [2.75, 3.05) is 50.8 Å². The van der Waals surface area contributed by atoms with Crippen LogP contribution in [0.3, 0.4) is 0 Å². The minimum Gasteiger partial charge on any atom is -0.477 e. The maximum absolute atomic E-state index is 13.8. The lowest BCUT2D eigenvalue weighted by atomic mass is 9.91. The Balaban J connectivity index is 1.03. The first-order valence-corrected chi connectivity index (χ1v) is 12.6. The smallest absolute Gasteiger partial charge is 0.213 e. The van der Waals surface area contributed by atoms with Crippen molar-refractivity contribution in [3.8, 4) is 5.88 Å². The van der Waals surface area contributed by atoms with Gasteiger partial charge in [0.2, 0.25) is 5.88 Å². The van der Waals surface area contributed by atoms with Gasteiger partial charge in [0, 0.05) is 50.7 Å². The summed E-state index contributed by atoms with van der Waals surface area (Å²) < 4.78 is 25.3. The van der Waals surface area contributed by atoms with Crippen molar-refractivity contribution in [3.05, 3.63) is 47.9 Å². The molecule has 180 valence electrons. The molecule has 8 heteroatoms. The van der Waals surface area contributed by atoms with Gasteiger partial charge in [-0.15, -0.1) is 0 Å². The molecule has 3 aromatic rings. The fourth-order valence-electron chi connectivity index (χ4n) is 5.71. The highest BCUT2D eigenvalue weighted by atomic mass is 19.1. The van der Waals surface area contributed by atoms with Gasteiger partial charge in [-0.25, -0.2) is 9.37 Å². The maximum Gasteiger partial charge on any atom is 0.213 e. The molecule has 5 heterocycles. The second kappa shape index (κ2) is 9.50. The van der Waals surface area contributed by atoms with Gasteiger partial charge in [0.1, 0.15) is 5.82 Å². The van der Waals surface area contributed by atoms with E-state index in [1.165, 1.54) is 38.1 Å². The van der Waals surface area contributed by atoms with Gasteiger partial charge in [-0.05, 0) is 63.0 Å². The van der Waals surface area contributed by atoms with Gasteiger partial charge < -0.3 is 14.2 Å². The summed E-state index contributed by atoms with van der Waals surface area (Å²) in [4.78, 5) is 12.0. The van der Waals surface area contributed by atoms with E-state index < -0.39 is 0 Å². The minimum atomic E-state index is -0.257. The SMILES string of the molecule is Fc1ccc2onc(N3CCN4C[C@H](COc5cccc(CN6CCCC6)n5)CC[C@H]4C3)c2c1. The molecule has 6 rings (SSSR count). The number of ether oxygens (including phenoxy) is 1. The number of benzene rings is 1. The van der Waals surface area contributed by atoms with E-state index >= 15 is 0 Å². The van der Waals surface area contributed by atoms with Gasteiger partial charge in [0.05, 0.1) is 17.7 Å². The zero-order valence-electron chi connectivity index (χ0n) is 19.5. The molecule has 0 spiro atoms. The van der Waals surface area contributed by atoms with E-state index in [-0.39, 0.29) is 5.82 Å². The molecular formula is C26H32FN5O2. The summed E-state index contributed by atoms with van der Waals surface area (Å²) in [6.45, 7) is 7.74. The largest absolute Gasteiger partial charge is 0.477 e. The molecule has 7 nitrogen and oxygen atoms in total. The Bertz CT molecular complexity index is 1130. The van der Waals surface area contributed by atoms with Gasteiger partial charge in [-0.3, -0.25) is 9.80 Å². The molecule has 0 amide bonds. The average Bonchev–Trinajstić information content (AvgIpc) is 3.52. The summed E-state index contributed by atoms with van der Waals surface area (Å²) in [7, 11) is 0. The number of pyridine rings is 1. The molecule has 3 aliphatic rings. The van der Waals surface area contributed by atoms with Crippen molar-refractivity contribution in [2.45, 2.75) is 38.3 Å². The van der Waals surface area contributed by atoms with E-state index in [1.54, 1.807) is 6.07 Å². The molecule has 3 fully saturated rings. The highest BCUT2D eigenvalue weighted by molar-refractivity contribution is 5.88. The summed E-state index contributed by atoms with van der Waals surface area (Å²) in [5.41, 5.74) is 1.73. The molecule has 2 aromatic heterocycles. The van der Waals surface area contributed by atoms with Gasteiger partial charge in [-0.1, -0.05) is 11.2 Å². The van der Waals surface area contributed by atoms with Crippen LogP contribution >= 0.6 is 0 Å². The fourth-order valence-corrected chi connectivity index (χ4v) is 5.71. The molecule has 3 saturated heterocycles. The highest BCUT2D eigenvalue weighted by Crippen LogP contribution is 2.31. The number of nitrogens with zero attached hydrogens (tertiary/aromatic N) is 5. The van der Waals surface area contributed by atoms with Crippen molar-refractivity contribution in [1.29, 1.82) is 0 Å². The third kappa shape index (κ3) is 4.61. The molecule has 3 aliphatic heterocycles. The third-order valence-electron chi connectivity index (χ3n) is 7.55. The molecule has 1 aromatic carbocycles. The minimum absolute atomic E-state index is 0.257. The van der Waals surface area contributed by atoms with Crippen molar-refractivity contribution in [2.24, 2.45) is 5.92 Å². The Morgan fingerprint density at radius 3 is 2.85 bits per heavy atom. The van der Waals surface area contributed by atoms with E-state index in [1.807, 2.05) is 6.07 Å². The number of anilines is 1. The molecule has 2 atom stereocenters. The van der Waals surface area contributed by atoms with Crippen molar-refractivity contribution < 1.29 is 13.7 Å². The first-order valence-electron chi connectivity index (χ1n) is 12.6. The zero-order valence-corrected chi connectivity index (χ0v) is 19.5. The van der Waals surface area contributed by atoms with E-state index in [4.69, 9.17) is 14.2 Å². The van der Waals surface area contributed by atoms with E-state index in [2.05, 4.69) is 32.0 Å². The van der Waals surface area contributed by atoms with Crippen molar-refractivity contribution >= 4 is 16.8 Å². The molecule has 0 N–H and O–H groups in total. The van der Waals surface area contributed by atoms with Crippen LogP contribution < -0.4 is 9.64 Å². The van der Waals surface area contributed by atoms with Crippen LogP contribution in [0, 0.1) is 11.7 Å². The number of piperidine rings is 1. The first kappa shape index (κ1) is 21.8. The first-order chi connectivity index (χ1) is 16.7. The molecule has 0 bridgehead atoms. The molecule has 0 unspecified atom stereocenters. The van der Waals surface area contributed by atoms with Crippen LogP contribution in [0.1, 0.15) is 31.4 Å². The number of rotatable bonds is 6. The van der Waals surface area contributed by atoms with Crippen LogP contribution in [0.4, 0.5) is 10.2 Å². The second-order valence-corrected chi connectivity index (χ2v) is 9.95. The highest BCUT2D eigenvalue weighted by Gasteiger charge is 2.34. The maximum atomic E-state index is 13.8. The number of likely N-dealkylation sites (tertiary alicyclic amines) is 1. The summed E-state index contributed by atoms with van der Waals surface area (Å²) in [6, 6.07) is 11.2. The number of fused-ring (bicyclic) bond motifs is 2. The summed E-state index contributed by atoms with van der Waals surface area (Å²) >= 11 is 0. The van der Waals surface area contributed by atoms with E-state index in [9.17, 15) is 4.39 Å². The molecular weight excluding hydrogens is 433 g/mol. The van der Waals surface area contributed by atoms with Crippen LogP contribution in [0.2, 0.25) is 0 Å². The number of hydrogen-bond donors (Lipinski definition) is 0. The van der Waals surface area contributed by atoms with Gasteiger partial charge in [0.15, 0.2) is 11.4 Å². The molecule has 0 aliphatic carbocycles. The van der Waals surface area contributed by atoms with E-state index in [0.29, 0.717) is 24.1 Å². The number of hydrogen-bond acceptors (Lipinski definition) is 7. The lowest BCUT2D eigenvalue weighted by Gasteiger charge is -2.46. The Labute approximate surface area is 199 Å². The Kier molecular flexibility index (Phi) is 6.09. The van der Waals surface area contributed by atoms with Crippen LogP contribution in [0.15, 0.2) is 40.9 Å². The van der Waals surface area contributed by atoms with Crippen LogP contribution in [-0.4, -0.2) is 71.9 Å². The van der Waals surface area contributed by atoms with Gasteiger partial charge in [-0.2, -0.15) is 0 Å². The number of halogens is 1. The molecule has 0 radical (unpaired) electrons. The average molecular weight is 466 g/mol. The zero-order chi connectivity index (χ0) is 22.9. The van der Waals surface area contributed by atoms with Crippen molar-refractivity contribution in [1.82, 2.24) is 19.9 Å². The molecule has 34 heavy (non-hydrogen) atoms. The van der Waals surface area contributed by atoms with Crippen molar-refractivity contribution in [3.63, 3.8) is 0 Å². The summed E-state index contributed by atoms with van der Waals surface area (Å²) in [6.07, 6.45) is 4.84. The topological polar surface area (TPSA) is 57.9 Å². The lowest BCUT2D eigenvalue weighted by molar-refractivity contribution is 0.0716. The lowest BCUT2D eigenvalue weighted by Crippen LogP contribution is -2.57. The van der Waals surface area contributed by atoms with E-state index in [0.717, 1.165) is 68.3 Å². The summed E-state index contributed by atoms with van der Waals surface area (Å²) in [5.74, 6) is 1.76. The quantitative estimate of drug-likeness (QED) is 0.547.